The second kappa shape index (κ2) is 7.21. The molecule has 1 N–H and O–H groups in total. The third-order valence-electron chi connectivity index (χ3n) is 2.35. The zero-order valence-electron chi connectivity index (χ0n) is 11.1. The average molecular weight is 393 g/mol. The van der Waals surface area contributed by atoms with Crippen LogP contribution in [0.4, 0.5) is 5.69 Å². The van der Waals surface area contributed by atoms with E-state index in [1.165, 1.54) is 6.20 Å². The summed E-state index contributed by atoms with van der Waals surface area (Å²) >= 11 is 4.34. The molecular formula is C12H13BrN2O4S2. The fourth-order valence-electron chi connectivity index (χ4n) is 1.43. The number of nitrogens with zero attached hydrogens (tertiary/aromatic N) is 1. The van der Waals surface area contributed by atoms with Gasteiger partial charge in [-0.2, -0.15) is 0 Å². The standard InChI is InChI=1S/C12H13BrN2O4S2/c1-18-5-6-19-11-3-2-9(8-14-11)15-21(16,17)12-10(13)4-7-20-12/h2-4,7-8,15H,5-6H2,1H3. The lowest BCUT2D eigenvalue weighted by Crippen LogP contribution is -2.12. The zero-order valence-corrected chi connectivity index (χ0v) is 14.3. The van der Waals surface area contributed by atoms with Gasteiger partial charge >= 0.3 is 0 Å². The number of aromatic nitrogens is 1. The van der Waals surface area contributed by atoms with Crippen molar-refractivity contribution in [1.29, 1.82) is 0 Å². The predicted molar refractivity (Wildman–Crippen MR) is 84.4 cm³/mol. The molecule has 0 unspecified atom stereocenters. The molecule has 0 aliphatic carbocycles. The highest BCUT2D eigenvalue weighted by atomic mass is 79.9. The van der Waals surface area contributed by atoms with Crippen LogP contribution in [0.2, 0.25) is 0 Å². The molecule has 0 aliphatic rings. The molecule has 2 heterocycles. The second-order valence-corrected chi connectivity index (χ2v) is 7.54. The summed E-state index contributed by atoms with van der Waals surface area (Å²) in [6, 6.07) is 4.87. The highest BCUT2D eigenvalue weighted by molar-refractivity contribution is 9.10. The van der Waals surface area contributed by atoms with E-state index >= 15 is 0 Å². The molecule has 0 fully saturated rings. The van der Waals surface area contributed by atoms with E-state index in [0.717, 1.165) is 11.3 Å². The first kappa shape index (κ1) is 16.2. The fraction of sp³-hybridized carbons (Fsp3) is 0.250. The van der Waals surface area contributed by atoms with Crippen LogP contribution >= 0.6 is 27.3 Å². The van der Waals surface area contributed by atoms with Crippen molar-refractivity contribution in [3.05, 3.63) is 34.2 Å². The summed E-state index contributed by atoms with van der Waals surface area (Å²) in [4.78, 5) is 4.03. The largest absolute Gasteiger partial charge is 0.475 e. The molecule has 0 bridgehead atoms. The maximum atomic E-state index is 12.2. The van der Waals surface area contributed by atoms with Crippen LogP contribution in [0, 0.1) is 0 Å². The number of thiophene rings is 1. The Hall–Kier alpha value is -1.16. The topological polar surface area (TPSA) is 77.5 Å². The van der Waals surface area contributed by atoms with Crippen LogP contribution < -0.4 is 9.46 Å². The quantitative estimate of drug-likeness (QED) is 0.732. The Labute approximate surface area is 135 Å². The summed E-state index contributed by atoms with van der Waals surface area (Å²) in [7, 11) is -2.03. The van der Waals surface area contributed by atoms with Gasteiger partial charge in [-0.05, 0) is 33.4 Å². The SMILES string of the molecule is COCCOc1ccc(NS(=O)(=O)c2sccc2Br)cn1. The van der Waals surface area contributed by atoms with Crippen molar-refractivity contribution >= 4 is 43.0 Å². The van der Waals surface area contributed by atoms with E-state index in [1.807, 2.05) is 0 Å². The molecule has 0 saturated carbocycles. The van der Waals surface area contributed by atoms with Gasteiger partial charge in [0, 0.05) is 17.6 Å². The van der Waals surface area contributed by atoms with E-state index in [4.69, 9.17) is 9.47 Å². The third-order valence-corrected chi connectivity index (χ3v) is 6.41. The van der Waals surface area contributed by atoms with E-state index in [1.54, 1.807) is 30.7 Å². The molecule has 9 heteroatoms. The first-order valence-electron chi connectivity index (χ1n) is 5.86. The molecule has 0 amide bonds. The number of ether oxygens (including phenoxy) is 2. The van der Waals surface area contributed by atoms with Gasteiger partial charge in [0.05, 0.1) is 18.5 Å². The van der Waals surface area contributed by atoms with Gasteiger partial charge in [0.15, 0.2) is 4.21 Å². The van der Waals surface area contributed by atoms with Crippen molar-refractivity contribution in [2.75, 3.05) is 25.0 Å². The summed E-state index contributed by atoms with van der Waals surface area (Å²) in [6.07, 6.45) is 1.40. The van der Waals surface area contributed by atoms with Crippen LogP contribution in [0.5, 0.6) is 5.88 Å². The van der Waals surface area contributed by atoms with Crippen LogP contribution in [-0.2, 0) is 14.8 Å². The lowest BCUT2D eigenvalue weighted by molar-refractivity contribution is 0.144. The lowest BCUT2D eigenvalue weighted by Gasteiger charge is -2.08. The van der Waals surface area contributed by atoms with Gasteiger partial charge < -0.3 is 9.47 Å². The van der Waals surface area contributed by atoms with Gasteiger partial charge in [-0.3, -0.25) is 4.72 Å². The van der Waals surface area contributed by atoms with Gasteiger partial charge in [-0.25, -0.2) is 13.4 Å². The van der Waals surface area contributed by atoms with E-state index < -0.39 is 10.0 Å². The van der Waals surface area contributed by atoms with Crippen molar-refractivity contribution in [1.82, 2.24) is 4.98 Å². The van der Waals surface area contributed by atoms with Crippen LogP contribution in [0.15, 0.2) is 38.5 Å². The van der Waals surface area contributed by atoms with E-state index in [2.05, 4.69) is 25.6 Å². The van der Waals surface area contributed by atoms with Gasteiger partial charge in [-0.15, -0.1) is 11.3 Å². The van der Waals surface area contributed by atoms with Crippen molar-refractivity contribution < 1.29 is 17.9 Å². The molecule has 21 heavy (non-hydrogen) atoms. The number of hydrogen-bond donors (Lipinski definition) is 1. The number of halogens is 1. The van der Waals surface area contributed by atoms with Crippen molar-refractivity contribution in [3.63, 3.8) is 0 Å². The summed E-state index contributed by atoms with van der Waals surface area (Å²) in [6.45, 7) is 0.846. The Morgan fingerprint density at radius 2 is 2.14 bits per heavy atom. The summed E-state index contributed by atoms with van der Waals surface area (Å²) < 4.78 is 37.7. The summed E-state index contributed by atoms with van der Waals surface area (Å²) in [5.74, 6) is 0.410. The molecule has 114 valence electrons. The van der Waals surface area contributed by atoms with Crippen molar-refractivity contribution in [3.8, 4) is 5.88 Å². The Balaban J connectivity index is 2.05. The Kier molecular flexibility index (Phi) is 5.57. The van der Waals surface area contributed by atoms with E-state index in [-0.39, 0.29) is 4.21 Å². The highest BCUT2D eigenvalue weighted by Gasteiger charge is 2.19. The number of anilines is 1. The number of sulfonamides is 1. The van der Waals surface area contributed by atoms with Crippen LogP contribution in [0.25, 0.3) is 0 Å². The third kappa shape index (κ3) is 4.40. The smallest absolute Gasteiger partial charge is 0.272 e. The number of methoxy groups -OCH3 is 1. The monoisotopic (exact) mass is 392 g/mol. The Bertz CT molecular complexity index is 686. The Morgan fingerprint density at radius 1 is 1.33 bits per heavy atom. The fourth-order valence-corrected chi connectivity index (χ4v) is 4.81. The number of rotatable bonds is 7. The van der Waals surface area contributed by atoms with Crippen molar-refractivity contribution in [2.45, 2.75) is 4.21 Å². The van der Waals surface area contributed by atoms with Gasteiger partial charge in [0.25, 0.3) is 10.0 Å². The molecule has 2 aromatic rings. The molecule has 0 radical (unpaired) electrons. The van der Waals surface area contributed by atoms with Crippen LogP contribution in [0.3, 0.4) is 0 Å². The number of hydrogen-bond acceptors (Lipinski definition) is 6. The van der Waals surface area contributed by atoms with Gasteiger partial charge in [-0.1, -0.05) is 0 Å². The molecule has 0 aromatic carbocycles. The van der Waals surface area contributed by atoms with Gasteiger partial charge in [0.1, 0.15) is 6.61 Å². The van der Waals surface area contributed by atoms with Crippen molar-refractivity contribution in [2.24, 2.45) is 0 Å². The second-order valence-electron chi connectivity index (χ2n) is 3.89. The normalized spacial score (nSPS) is 11.3. The predicted octanol–water partition coefficient (Wildman–Crippen LogP) is 2.73. The lowest BCUT2D eigenvalue weighted by atomic mass is 10.4. The molecule has 2 rings (SSSR count). The molecule has 0 spiro atoms. The zero-order chi connectivity index (χ0) is 15.3. The van der Waals surface area contributed by atoms with E-state index in [0.29, 0.717) is 29.3 Å². The van der Waals surface area contributed by atoms with Crippen LogP contribution in [-0.4, -0.2) is 33.7 Å². The van der Waals surface area contributed by atoms with Crippen LogP contribution in [0.1, 0.15) is 0 Å². The van der Waals surface area contributed by atoms with Gasteiger partial charge in [0.2, 0.25) is 5.88 Å². The molecule has 6 nitrogen and oxygen atoms in total. The molecular weight excluding hydrogens is 380 g/mol. The molecule has 2 aromatic heterocycles. The number of pyridine rings is 1. The number of nitrogens with one attached hydrogen (secondary N) is 1. The molecule has 0 saturated heterocycles. The minimum Gasteiger partial charge on any atom is -0.475 e. The van der Waals surface area contributed by atoms with E-state index in [9.17, 15) is 8.42 Å². The average Bonchev–Trinajstić information content (AvgIpc) is 2.88. The molecule has 0 aliphatic heterocycles. The minimum absolute atomic E-state index is 0.225. The Morgan fingerprint density at radius 3 is 2.71 bits per heavy atom. The first-order valence-corrected chi connectivity index (χ1v) is 9.02. The minimum atomic E-state index is -3.61. The first-order chi connectivity index (χ1) is 10.0. The summed E-state index contributed by atoms with van der Waals surface area (Å²) in [5.41, 5.74) is 0.370. The highest BCUT2D eigenvalue weighted by Crippen LogP contribution is 2.29. The maximum Gasteiger partial charge on any atom is 0.272 e. The maximum absolute atomic E-state index is 12.2. The summed E-state index contributed by atoms with van der Waals surface area (Å²) in [5, 5.41) is 1.70. The molecule has 0 atom stereocenters.